The Hall–Kier alpha value is -1.88. The van der Waals surface area contributed by atoms with Crippen molar-refractivity contribution in [2.75, 3.05) is 11.4 Å². The van der Waals surface area contributed by atoms with Gasteiger partial charge in [-0.3, -0.25) is 9.78 Å². The van der Waals surface area contributed by atoms with E-state index in [1.54, 1.807) is 29.4 Å². The van der Waals surface area contributed by atoms with Crippen LogP contribution < -0.4 is 9.64 Å². The molecule has 0 aliphatic carbocycles. The number of hydrogen-bond donors (Lipinski definition) is 0. The van der Waals surface area contributed by atoms with Crippen LogP contribution in [0.15, 0.2) is 47.2 Å². The maximum absolute atomic E-state index is 12.6. The number of rotatable bonds is 1. The van der Waals surface area contributed by atoms with E-state index in [1.807, 2.05) is 25.1 Å². The molecule has 1 amide bonds. The fraction of sp³-hybridized carbons (Fsp3) is 0.200. The van der Waals surface area contributed by atoms with Crippen LogP contribution in [0, 0.1) is 0 Å². The zero-order chi connectivity index (χ0) is 14.1. The van der Waals surface area contributed by atoms with Crippen LogP contribution in [0.4, 0.5) is 5.69 Å². The Morgan fingerprint density at radius 1 is 1.35 bits per heavy atom. The molecule has 1 atom stereocenters. The molecule has 0 spiro atoms. The number of hydrogen-bond acceptors (Lipinski definition) is 3. The lowest BCUT2D eigenvalue weighted by Crippen LogP contribution is -2.42. The van der Waals surface area contributed by atoms with Crippen LogP contribution in [0.1, 0.15) is 17.3 Å². The molecule has 3 rings (SSSR count). The molecule has 1 aliphatic rings. The molecule has 0 fully saturated rings. The fourth-order valence-corrected chi connectivity index (χ4v) is 2.60. The molecule has 1 aliphatic heterocycles. The van der Waals surface area contributed by atoms with Gasteiger partial charge in [-0.2, -0.15) is 0 Å². The van der Waals surface area contributed by atoms with E-state index in [0.717, 1.165) is 15.9 Å². The number of fused-ring (bicyclic) bond motifs is 1. The summed E-state index contributed by atoms with van der Waals surface area (Å²) in [5.41, 5.74) is 1.42. The predicted molar refractivity (Wildman–Crippen MR) is 80.1 cm³/mol. The summed E-state index contributed by atoms with van der Waals surface area (Å²) >= 11 is 3.43. The topological polar surface area (TPSA) is 42.4 Å². The van der Waals surface area contributed by atoms with Gasteiger partial charge >= 0.3 is 0 Å². The number of nitrogens with zero attached hydrogens (tertiary/aromatic N) is 2. The van der Waals surface area contributed by atoms with Gasteiger partial charge in [-0.05, 0) is 37.3 Å². The van der Waals surface area contributed by atoms with Crippen molar-refractivity contribution >= 4 is 27.5 Å². The van der Waals surface area contributed by atoms with Crippen LogP contribution >= 0.6 is 15.9 Å². The molecule has 2 heterocycles. The van der Waals surface area contributed by atoms with Crippen molar-refractivity contribution in [3.8, 4) is 5.75 Å². The molecule has 102 valence electrons. The van der Waals surface area contributed by atoms with Gasteiger partial charge in [0.15, 0.2) is 0 Å². The molecule has 20 heavy (non-hydrogen) atoms. The lowest BCUT2D eigenvalue weighted by Gasteiger charge is -2.33. The third-order valence-electron chi connectivity index (χ3n) is 3.15. The minimum absolute atomic E-state index is 0.0329. The van der Waals surface area contributed by atoms with Crippen molar-refractivity contribution in [2.24, 2.45) is 0 Å². The molecular weight excluding hydrogens is 320 g/mol. The Kier molecular flexibility index (Phi) is 3.44. The first-order chi connectivity index (χ1) is 9.65. The standard InChI is InChI=1S/C15H13BrN2O2/c1-10-9-18(15(19)11-4-6-17-7-5-11)13-8-12(16)2-3-14(13)20-10/h2-8,10H,9H2,1H3. The lowest BCUT2D eigenvalue weighted by atomic mass is 10.1. The van der Waals surface area contributed by atoms with E-state index in [-0.39, 0.29) is 12.0 Å². The molecule has 1 aromatic heterocycles. The van der Waals surface area contributed by atoms with Gasteiger partial charge in [0.2, 0.25) is 0 Å². The second kappa shape index (κ2) is 5.25. The number of aromatic nitrogens is 1. The van der Waals surface area contributed by atoms with Crippen molar-refractivity contribution in [3.05, 3.63) is 52.8 Å². The average Bonchev–Trinajstić information content (AvgIpc) is 2.47. The minimum atomic E-state index is -0.0399. The Bertz CT molecular complexity index is 646. The smallest absolute Gasteiger partial charge is 0.258 e. The highest BCUT2D eigenvalue weighted by Crippen LogP contribution is 2.36. The summed E-state index contributed by atoms with van der Waals surface area (Å²) in [6, 6.07) is 9.13. The highest BCUT2D eigenvalue weighted by atomic mass is 79.9. The first-order valence-electron chi connectivity index (χ1n) is 6.33. The maximum Gasteiger partial charge on any atom is 0.258 e. The number of carbonyl (C=O) groups is 1. The molecule has 0 N–H and O–H groups in total. The summed E-state index contributed by atoms with van der Waals surface area (Å²) in [6.45, 7) is 2.49. The second-order valence-corrected chi connectivity index (χ2v) is 5.61. The van der Waals surface area contributed by atoms with E-state index < -0.39 is 0 Å². The van der Waals surface area contributed by atoms with Gasteiger partial charge in [0.1, 0.15) is 11.9 Å². The SMILES string of the molecule is CC1CN(C(=O)c2ccncc2)c2cc(Br)ccc2O1. The number of ether oxygens (including phenoxy) is 1. The van der Waals surface area contributed by atoms with E-state index in [1.165, 1.54) is 0 Å². The Labute approximate surface area is 125 Å². The zero-order valence-corrected chi connectivity index (χ0v) is 12.5. The van der Waals surface area contributed by atoms with Gasteiger partial charge in [-0.25, -0.2) is 0 Å². The molecule has 0 saturated carbocycles. The molecule has 5 heteroatoms. The van der Waals surface area contributed by atoms with Gasteiger partial charge in [-0.15, -0.1) is 0 Å². The number of amides is 1. The molecule has 4 nitrogen and oxygen atoms in total. The van der Waals surface area contributed by atoms with Crippen molar-refractivity contribution < 1.29 is 9.53 Å². The number of carbonyl (C=O) groups excluding carboxylic acids is 1. The summed E-state index contributed by atoms with van der Waals surface area (Å²) in [5.74, 6) is 0.691. The summed E-state index contributed by atoms with van der Waals surface area (Å²) in [7, 11) is 0. The number of benzene rings is 1. The van der Waals surface area contributed by atoms with Crippen LogP contribution in [-0.2, 0) is 0 Å². The average molecular weight is 333 g/mol. The van der Waals surface area contributed by atoms with Crippen LogP contribution in [0.3, 0.4) is 0 Å². The first-order valence-corrected chi connectivity index (χ1v) is 7.12. The van der Waals surface area contributed by atoms with Gasteiger partial charge in [0.25, 0.3) is 5.91 Å². The third-order valence-corrected chi connectivity index (χ3v) is 3.65. The summed E-state index contributed by atoms with van der Waals surface area (Å²) in [5, 5.41) is 0. The van der Waals surface area contributed by atoms with Crippen molar-refractivity contribution in [1.29, 1.82) is 0 Å². The number of halogens is 1. The molecule has 0 saturated heterocycles. The highest BCUT2D eigenvalue weighted by molar-refractivity contribution is 9.10. The quantitative estimate of drug-likeness (QED) is 0.804. The summed E-state index contributed by atoms with van der Waals surface area (Å²) in [4.78, 5) is 18.3. The molecule has 1 aromatic carbocycles. The monoisotopic (exact) mass is 332 g/mol. The summed E-state index contributed by atoms with van der Waals surface area (Å²) < 4.78 is 6.69. The van der Waals surface area contributed by atoms with Crippen LogP contribution in [0.2, 0.25) is 0 Å². The van der Waals surface area contributed by atoms with Gasteiger partial charge in [0.05, 0.1) is 12.2 Å². The van der Waals surface area contributed by atoms with E-state index in [0.29, 0.717) is 12.1 Å². The molecular formula is C15H13BrN2O2. The number of pyridine rings is 1. The maximum atomic E-state index is 12.6. The van der Waals surface area contributed by atoms with Crippen LogP contribution in [0.25, 0.3) is 0 Å². The van der Waals surface area contributed by atoms with Gasteiger partial charge in [-0.1, -0.05) is 15.9 Å². The van der Waals surface area contributed by atoms with Crippen molar-refractivity contribution in [3.63, 3.8) is 0 Å². The molecule has 0 bridgehead atoms. The Balaban J connectivity index is 2.02. The van der Waals surface area contributed by atoms with Gasteiger partial charge < -0.3 is 9.64 Å². The Morgan fingerprint density at radius 3 is 2.85 bits per heavy atom. The zero-order valence-electron chi connectivity index (χ0n) is 10.9. The highest BCUT2D eigenvalue weighted by Gasteiger charge is 2.28. The molecule has 2 aromatic rings. The van der Waals surface area contributed by atoms with E-state index in [2.05, 4.69) is 20.9 Å². The van der Waals surface area contributed by atoms with Crippen LogP contribution in [-0.4, -0.2) is 23.5 Å². The molecule has 1 unspecified atom stereocenters. The van der Waals surface area contributed by atoms with Crippen molar-refractivity contribution in [1.82, 2.24) is 4.98 Å². The van der Waals surface area contributed by atoms with Crippen molar-refractivity contribution in [2.45, 2.75) is 13.0 Å². The first kappa shape index (κ1) is 13.1. The fourth-order valence-electron chi connectivity index (χ4n) is 2.25. The van der Waals surface area contributed by atoms with Gasteiger partial charge in [0, 0.05) is 22.4 Å². The van der Waals surface area contributed by atoms with E-state index in [9.17, 15) is 4.79 Å². The summed E-state index contributed by atoms with van der Waals surface area (Å²) in [6.07, 6.45) is 3.21. The minimum Gasteiger partial charge on any atom is -0.487 e. The van der Waals surface area contributed by atoms with Crippen LogP contribution in [0.5, 0.6) is 5.75 Å². The lowest BCUT2D eigenvalue weighted by molar-refractivity contribution is 0.0961. The molecule has 0 radical (unpaired) electrons. The van der Waals surface area contributed by atoms with E-state index in [4.69, 9.17) is 4.74 Å². The third kappa shape index (κ3) is 2.41. The Morgan fingerprint density at radius 2 is 2.10 bits per heavy atom. The number of anilines is 1. The normalized spacial score (nSPS) is 17.3. The second-order valence-electron chi connectivity index (χ2n) is 4.69. The van der Waals surface area contributed by atoms with E-state index >= 15 is 0 Å². The predicted octanol–water partition coefficient (Wildman–Crippen LogP) is 3.27. The largest absolute Gasteiger partial charge is 0.487 e.